The van der Waals surface area contributed by atoms with Crippen molar-refractivity contribution in [1.82, 2.24) is 0 Å². The van der Waals surface area contributed by atoms with Gasteiger partial charge in [-0.3, -0.25) is 0 Å². The molecule has 6 heteroatoms. The Hall–Kier alpha value is -4.92. The van der Waals surface area contributed by atoms with Crippen LogP contribution >= 0.6 is 68.0 Å². The molecule has 4 aromatic carbocycles. The summed E-state index contributed by atoms with van der Waals surface area (Å²) in [5.41, 5.74) is 20.8. The highest BCUT2D eigenvalue weighted by Gasteiger charge is 2.27. The fourth-order valence-electron chi connectivity index (χ4n) is 12.8. The third-order valence-corrected chi connectivity index (χ3v) is 25.0. The van der Waals surface area contributed by atoms with Crippen molar-refractivity contribution in [3.63, 3.8) is 0 Å². The van der Waals surface area contributed by atoms with Gasteiger partial charge in [-0.05, 0) is 203 Å². The van der Waals surface area contributed by atoms with Crippen LogP contribution in [0.3, 0.4) is 0 Å². The lowest BCUT2D eigenvalue weighted by atomic mass is 9.96. The smallest absolute Gasteiger partial charge is 0.0484 e. The van der Waals surface area contributed by atoms with Crippen LogP contribution in [-0.2, 0) is 38.5 Å². The molecule has 2 aliphatic rings. The van der Waals surface area contributed by atoms with Gasteiger partial charge >= 0.3 is 0 Å². The quantitative estimate of drug-likeness (QED) is 0.0450. The molecule has 0 amide bonds. The molecule has 0 saturated carbocycles. The summed E-state index contributed by atoms with van der Waals surface area (Å²) in [5.74, 6) is 0. The molecular formula is C74H78S6. The van der Waals surface area contributed by atoms with E-state index in [4.69, 9.17) is 0 Å². The standard InChI is InChI=1S/C74H78S6/c1-5-9-13-17-29-59-61(31-19-15-11-7-3)73(79-71(59)67-41-37-63(75-67)51-33-35-57-53(47-51)45-49-25-21-23-27-55(49)57)69-43-39-65(77-69)66-40-44-70(78-66)74-62(32-20-16-12-8-4)60(30-18-14-10-6-2)72(80-74)68-42-38-64(76-68)52-34-36-58-54(48-52)46-50-26-22-24-28-56(50)58/h21-28,33-44,47-48H,5-20,29-32,45-46H2,1-4H3. The van der Waals surface area contributed by atoms with Crippen molar-refractivity contribution in [2.75, 3.05) is 0 Å². The fourth-order valence-corrected chi connectivity index (χ4v) is 20.2. The van der Waals surface area contributed by atoms with E-state index in [1.165, 1.54) is 243 Å². The minimum absolute atomic E-state index is 1.03. The summed E-state index contributed by atoms with van der Waals surface area (Å²) in [5, 5.41) is 0. The Kier molecular flexibility index (Phi) is 18.2. The van der Waals surface area contributed by atoms with Crippen LogP contribution in [0.5, 0.6) is 0 Å². The number of fused-ring (bicyclic) bond motifs is 6. The van der Waals surface area contributed by atoms with Gasteiger partial charge in [0.15, 0.2) is 0 Å². The van der Waals surface area contributed by atoms with Gasteiger partial charge in [-0.2, -0.15) is 0 Å². The molecule has 0 spiro atoms. The highest BCUT2D eigenvalue weighted by atomic mass is 32.1. The summed E-state index contributed by atoms with van der Waals surface area (Å²) in [6.07, 6.45) is 27.4. The first-order chi connectivity index (χ1) is 39.5. The first kappa shape index (κ1) is 55.6. The van der Waals surface area contributed by atoms with Crippen LogP contribution in [0.2, 0.25) is 0 Å². The summed E-state index contributed by atoms with van der Waals surface area (Å²) in [6, 6.07) is 52.0. The maximum Gasteiger partial charge on any atom is 0.0484 e. The topological polar surface area (TPSA) is 0 Å². The average molecular weight is 1160 g/mol. The monoisotopic (exact) mass is 1160 g/mol. The van der Waals surface area contributed by atoms with Crippen molar-refractivity contribution in [3.8, 4) is 91.9 Å². The van der Waals surface area contributed by atoms with Gasteiger partial charge in [0.05, 0.1) is 0 Å². The maximum absolute atomic E-state index is 2.48. The minimum atomic E-state index is 1.03. The van der Waals surface area contributed by atoms with E-state index < -0.39 is 0 Å². The van der Waals surface area contributed by atoms with E-state index in [1.54, 1.807) is 22.3 Å². The second-order valence-electron chi connectivity index (χ2n) is 22.7. The number of hydrogen-bond donors (Lipinski definition) is 0. The van der Waals surface area contributed by atoms with Gasteiger partial charge in [0, 0.05) is 58.5 Å². The molecule has 0 fully saturated rings. The summed E-state index contributed by atoms with van der Waals surface area (Å²) in [6.45, 7) is 9.38. The molecular weight excluding hydrogens is 1080 g/mol. The van der Waals surface area contributed by atoms with Crippen molar-refractivity contribution in [2.45, 2.75) is 169 Å². The number of rotatable bonds is 27. The molecule has 6 heterocycles. The molecule has 0 saturated heterocycles. The lowest BCUT2D eigenvalue weighted by Gasteiger charge is -2.09. The zero-order valence-electron chi connectivity index (χ0n) is 47.7. The largest absolute Gasteiger partial charge is 0.134 e. The summed E-state index contributed by atoms with van der Waals surface area (Å²) in [7, 11) is 0. The van der Waals surface area contributed by atoms with E-state index in [9.17, 15) is 0 Å². The van der Waals surface area contributed by atoms with Crippen LogP contribution in [0.25, 0.3) is 91.9 Å². The van der Waals surface area contributed by atoms with Crippen molar-refractivity contribution in [3.05, 3.63) is 178 Å². The number of unbranched alkanes of at least 4 members (excludes halogenated alkanes) is 12. The van der Waals surface area contributed by atoms with Crippen LogP contribution in [-0.4, -0.2) is 0 Å². The third-order valence-electron chi connectivity index (χ3n) is 17.1. The fraction of sp³-hybridized carbons (Fsp3) is 0.351. The van der Waals surface area contributed by atoms with Crippen LogP contribution in [0.4, 0.5) is 0 Å². The molecule has 0 aliphatic heterocycles. The number of thiophene rings is 6. The molecule has 0 N–H and O–H groups in total. The van der Waals surface area contributed by atoms with Gasteiger partial charge in [0.25, 0.3) is 0 Å². The van der Waals surface area contributed by atoms with E-state index in [0.29, 0.717) is 0 Å². The van der Waals surface area contributed by atoms with Gasteiger partial charge in [-0.25, -0.2) is 0 Å². The van der Waals surface area contributed by atoms with Crippen LogP contribution in [0.15, 0.2) is 133 Å². The number of benzene rings is 4. The van der Waals surface area contributed by atoms with Crippen LogP contribution in [0.1, 0.15) is 175 Å². The Morgan fingerprint density at radius 2 is 0.562 bits per heavy atom. The molecule has 0 radical (unpaired) electrons. The van der Waals surface area contributed by atoms with Crippen LogP contribution in [0, 0.1) is 0 Å². The molecule has 10 aromatic rings. The van der Waals surface area contributed by atoms with Gasteiger partial charge in [-0.15, -0.1) is 68.0 Å². The van der Waals surface area contributed by atoms with E-state index in [1.807, 2.05) is 45.3 Å². The zero-order valence-corrected chi connectivity index (χ0v) is 52.6. The predicted octanol–water partition coefficient (Wildman–Crippen LogP) is 25.4. The normalized spacial score (nSPS) is 12.4. The Morgan fingerprint density at radius 3 is 0.912 bits per heavy atom. The molecule has 6 aromatic heterocycles. The van der Waals surface area contributed by atoms with E-state index in [2.05, 4.69) is 184 Å². The van der Waals surface area contributed by atoms with Gasteiger partial charge in [0.2, 0.25) is 0 Å². The Labute approximate surface area is 502 Å². The Bertz CT molecular complexity index is 3460. The van der Waals surface area contributed by atoms with Crippen molar-refractivity contribution in [2.24, 2.45) is 0 Å². The van der Waals surface area contributed by atoms with E-state index in [-0.39, 0.29) is 0 Å². The van der Waals surface area contributed by atoms with E-state index >= 15 is 0 Å². The first-order valence-corrected chi connectivity index (χ1v) is 35.5. The van der Waals surface area contributed by atoms with Gasteiger partial charge < -0.3 is 0 Å². The lowest BCUT2D eigenvalue weighted by Crippen LogP contribution is -1.95. The summed E-state index contributed by atoms with van der Waals surface area (Å²) in [4.78, 5) is 17.5. The van der Waals surface area contributed by atoms with Crippen molar-refractivity contribution < 1.29 is 0 Å². The highest BCUT2D eigenvalue weighted by molar-refractivity contribution is 7.31. The predicted molar refractivity (Wildman–Crippen MR) is 360 cm³/mol. The second kappa shape index (κ2) is 26.1. The molecule has 80 heavy (non-hydrogen) atoms. The van der Waals surface area contributed by atoms with Gasteiger partial charge in [0.1, 0.15) is 0 Å². The zero-order chi connectivity index (χ0) is 54.4. The molecule has 0 atom stereocenters. The average Bonchev–Trinajstić information content (AvgIpc) is 4.43. The summed E-state index contributed by atoms with van der Waals surface area (Å²) >= 11 is 12.3. The molecule has 2 aliphatic carbocycles. The van der Waals surface area contributed by atoms with Crippen molar-refractivity contribution in [1.29, 1.82) is 0 Å². The van der Waals surface area contributed by atoms with Gasteiger partial charge in [-0.1, -0.05) is 178 Å². The summed E-state index contributed by atoms with van der Waals surface area (Å²) < 4.78 is 0. The van der Waals surface area contributed by atoms with Crippen LogP contribution < -0.4 is 0 Å². The molecule has 410 valence electrons. The number of hydrogen-bond acceptors (Lipinski definition) is 6. The van der Waals surface area contributed by atoms with Crippen molar-refractivity contribution >= 4 is 68.0 Å². The lowest BCUT2D eigenvalue weighted by molar-refractivity contribution is 0.653. The second-order valence-corrected chi connectivity index (χ2v) is 29.1. The highest BCUT2D eigenvalue weighted by Crippen LogP contribution is 2.53. The van der Waals surface area contributed by atoms with E-state index in [0.717, 1.165) is 12.8 Å². The minimum Gasteiger partial charge on any atom is -0.134 e. The third kappa shape index (κ3) is 11.8. The SMILES string of the molecule is CCCCCCc1c(-c2ccc(-c3ccc4c(c3)Cc3ccccc3-4)s2)sc(-c2ccc(-c3ccc(-c4sc(-c5ccc(-c6ccc7c(c6)Cc6ccccc6-7)s5)c(CCCCCC)c4CCCCCC)s3)s2)c1CCCCCC. The molecule has 12 rings (SSSR count). The maximum atomic E-state index is 2.48. The Balaban J connectivity index is 0.876. The molecule has 0 unspecified atom stereocenters. The molecule has 0 nitrogen and oxygen atoms in total. The Morgan fingerprint density at radius 1 is 0.263 bits per heavy atom. The molecule has 0 bridgehead atoms. The first-order valence-electron chi connectivity index (χ1n) is 30.6.